The van der Waals surface area contributed by atoms with Crippen molar-refractivity contribution < 1.29 is 14.3 Å². The Bertz CT molecular complexity index is 529. The van der Waals surface area contributed by atoms with Gasteiger partial charge in [0, 0.05) is 6.42 Å². The van der Waals surface area contributed by atoms with Gasteiger partial charge in [0.15, 0.2) is 5.78 Å². The molecule has 0 amide bonds. The van der Waals surface area contributed by atoms with Crippen LogP contribution >= 0.6 is 25.2 Å². The lowest BCUT2D eigenvalue weighted by atomic mass is 9.78. The minimum atomic E-state index is -0.0641. The van der Waals surface area contributed by atoms with Gasteiger partial charge < -0.3 is 9.47 Å². The summed E-state index contributed by atoms with van der Waals surface area (Å²) in [6.45, 7) is 6.48. The van der Waals surface area contributed by atoms with Gasteiger partial charge in [-0.3, -0.25) is 4.79 Å². The number of carbonyl (C=O) groups is 1. The van der Waals surface area contributed by atoms with Crippen LogP contribution in [0.3, 0.4) is 0 Å². The van der Waals surface area contributed by atoms with Crippen LogP contribution < -0.4 is 9.47 Å². The van der Waals surface area contributed by atoms with E-state index in [1.54, 1.807) is 20.3 Å². The highest BCUT2D eigenvalue weighted by Gasteiger charge is 2.28. The number of rotatable bonds is 8. The number of ketones is 1. The Hall–Kier alpha value is -0.600. The molecule has 22 heavy (non-hydrogen) atoms. The van der Waals surface area contributed by atoms with Gasteiger partial charge in [0.1, 0.15) is 17.1 Å². The largest absolute Gasteiger partial charge is 0.496 e. The van der Waals surface area contributed by atoms with E-state index in [0.717, 1.165) is 17.1 Å². The summed E-state index contributed by atoms with van der Waals surface area (Å²) in [4.78, 5) is 12.9. The van der Waals surface area contributed by atoms with E-state index in [-0.39, 0.29) is 11.2 Å². The fraction of sp³-hybridized carbons (Fsp3) is 0.588. The summed E-state index contributed by atoms with van der Waals surface area (Å²) in [5.74, 6) is 1.72. The van der Waals surface area contributed by atoms with Crippen LogP contribution in [0.4, 0.5) is 0 Å². The van der Waals surface area contributed by atoms with E-state index in [2.05, 4.69) is 45.9 Å². The average molecular weight is 389 g/mol. The molecular formula is C17H26BrO3P. The molecule has 1 rings (SSSR count). The third kappa shape index (κ3) is 4.96. The fourth-order valence-electron chi connectivity index (χ4n) is 2.79. The highest BCUT2D eigenvalue weighted by molar-refractivity contribution is 9.10. The molecule has 1 aromatic carbocycles. The van der Waals surface area contributed by atoms with Gasteiger partial charge in [-0.05, 0) is 52.0 Å². The molecule has 0 saturated heterocycles. The van der Waals surface area contributed by atoms with Crippen molar-refractivity contribution in [3.05, 3.63) is 22.2 Å². The number of benzene rings is 1. The Morgan fingerprint density at radius 1 is 1.32 bits per heavy atom. The van der Waals surface area contributed by atoms with E-state index in [9.17, 15) is 4.79 Å². The number of Topliss-reactive ketones (excluding diaryl/α,β-unsaturated/α-hetero) is 1. The zero-order chi connectivity index (χ0) is 16.9. The molecule has 3 nitrogen and oxygen atoms in total. The molecular weight excluding hydrogens is 363 g/mol. The summed E-state index contributed by atoms with van der Waals surface area (Å²) in [6.07, 6.45) is 2.51. The highest BCUT2D eigenvalue weighted by Crippen LogP contribution is 2.39. The van der Waals surface area contributed by atoms with Gasteiger partial charge in [-0.25, -0.2) is 0 Å². The SMILES string of the molecule is COc1ccc(Br)c(OC)c1C(=O)CC(C)(C)CC(C)CP. The first-order valence-corrected chi connectivity index (χ1v) is 9.00. The number of carbonyl (C=O) groups excluding carboxylic acids is 1. The molecule has 0 heterocycles. The van der Waals surface area contributed by atoms with Crippen molar-refractivity contribution >= 4 is 31.0 Å². The van der Waals surface area contributed by atoms with Gasteiger partial charge in [-0.2, -0.15) is 0 Å². The summed E-state index contributed by atoms with van der Waals surface area (Å²) in [7, 11) is 5.91. The van der Waals surface area contributed by atoms with E-state index in [1.165, 1.54) is 0 Å². The maximum atomic E-state index is 12.9. The summed E-state index contributed by atoms with van der Waals surface area (Å²) in [5.41, 5.74) is 0.455. The molecule has 0 saturated carbocycles. The lowest BCUT2D eigenvalue weighted by Gasteiger charge is -2.27. The van der Waals surface area contributed by atoms with E-state index >= 15 is 0 Å². The van der Waals surface area contributed by atoms with Crippen molar-refractivity contribution in [1.29, 1.82) is 0 Å². The molecule has 5 heteroatoms. The number of ether oxygens (including phenoxy) is 2. The van der Waals surface area contributed by atoms with Crippen LogP contribution in [0.2, 0.25) is 0 Å². The lowest BCUT2D eigenvalue weighted by Crippen LogP contribution is -2.21. The zero-order valence-electron chi connectivity index (χ0n) is 14.0. The fourth-order valence-corrected chi connectivity index (χ4v) is 3.45. The molecule has 0 aliphatic rings. The van der Waals surface area contributed by atoms with Crippen molar-refractivity contribution in [2.24, 2.45) is 11.3 Å². The molecule has 0 bridgehead atoms. The third-order valence-electron chi connectivity index (χ3n) is 3.72. The third-order valence-corrected chi connectivity index (χ3v) is 5.15. The van der Waals surface area contributed by atoms with Crippen LogP contribution in [0, 0.1) is 11.3 Å². The number of halogens is 1. The van der Waals surface area contributed by atoms with Crippen molar-refractivity contribution in [3.63, 3.8) is 0 Å². The second-order valence-electron chi connectivity index (χ2n) is 6.47. The van der Waals surface area contributed by atoms with E-state index in [0.29, 0.717) is 29.4 Å². The first-order chi connectivity index (χ1) is 10.3. The van der Waals surface area contributed by atoms with Gasteiger partial charge in [0.05, 0.1) is 18.7 Å². The summed E-state index contributed by atoms with van der Waals surface area (Å²) in [6, 6.07) is 3.62. The molecule has 1 aromatic rings. The van der Waals surface area contributed by atoms with Crippen LogP contribution in [0.5, 0.6) is 11.5 Å². The smallest absolute Gasteiger partial charge is 0.170 e. The summed E-state index contributed by atoms with van der Waals surface area (Å²) >= 11 is 3.43. The molecule has 124 valence electrons. The second-order valence-corrected chi connectivity index (χ2v) is 7.79. The van der Waals surface area contributed by atoms with Crippen LogP contribution in [0.1, 0.15) is 44.0 Å². The normalized spacial score (nSPS) is 12.9. The predicted octanol–water partition coefficient (Wildman–Crippen LogP) is 4.97. The van der Waals surface area contributed by atoms with Crippen LogP contribution in [0.15, 0.2) is 16.6 Å². The molecule has 0 fully saturated rings. The standard InChI is InChI=1S/C17H26BrO3P/c1-11(10-22)8-17(2,3)9-13(19)15-14(20-4)7-6-12(18)16(15)21-5/h6-7,11H,8-10,22H2,1-5H3. The van der Waals surface area contributed by atoms with Crippen molar-refractivity contribution in [3.8, 4) is 11.5 Å². The van der Waals surface area contributed by atoms with Crippen LogP contribution in [-0.4, -0.2) is 26.2 Å². The summed E-state index contributed by atoms with van der Waals surface area (Å²) < 4.78 is 11.5. The zero-order valence-corrected chi connectivity index (χ0v) is 16.8. The number of hydrogen-bond donors (Lipinski definition) is 0. The minimum absolute atomic E-state index is 0.0518. The van der Waals surface area contributed by atoms with Crippen molar-refractivity contribution in [2.75, 3.05) is 20.4 Å². The van der Waals surface area contributed by atoms with Crippen LogP contribution in [-0.2, 0) is 0 Å². The maximum Gasteiger partial charge on any atom is 0.170 e. The Labute approximate surface area is 144 Å². The average Bonchev–Trinajstić information content (AvgIpc) is 2.45. The van der Waals surface area contributed by atoms with Gasteiger partial charge in [-0.15, -0.1) is 9.24 Å². The number of methoxy groups -OCH3 is 2. The molecule has 0 N–H and O–H groups in total. The molecule has 0 radical (unpaired) electrons. The first-order valence-electron chi connectivity index (χ1n) is 7.39. The molecule has 0 spiro atoms. The monoisotopic (exact) mass is 388 g/mol. The van der Waals surface area contributed by atoms with Gasteiger partial charge >= 0.3 is 0 Å². The summed E-state index contributed by atoms with van der Waals surface area (Å²) in [5, 5.41) is 0. The maximum absolute atomic E-state index is 12.9. The predicted molar refractivity (Wildman–Crippen MR) is 98.3 cm³/mol. The van der Waals surface area contributed by atoms with Gasteiger partial charge in [0.2, 0.25) is 0 Å². The minimum Gasteiger partial charge on any atom is -0.496 e. The van der Waals surface area contributed by atoms with Crippen molar-refractivity contribution in [1.82, 2.24) is 0 Å². The van der Waals surface area contributed by atoms with Gasteiger partial charge in [-0.1, -0.05) is 20.8 Å². The lowest BCUT2D eigenvalue weighted by molar-refractivity contribution is 0.0911. The topological polar surface area (TPSA) is 35.5 Å². The first kappa shape index (κ1) is 19.4. The Balaban J connectivity index is 3.10. The molecule has 0 aliphatic heterocycles. The quantitative estimate of drug-likeness (QED) is 0.465. The molecule has 0 aromatic heterocycles. The highest BCUT2D eigenvalue weighted by atomic mass is 79.9. The van der Waals surface area contributed by atoms with Crippen LogP contribution in [0.25, 0.3) is 0 Å². The van der Waals surface area contributed by atoms with E-state index in [4.69, 9.17) is 9.47 Å². The Morgan fingerprint density at radius 2 is 1.95 bits per heavy atom. The molecule has 0 aliphatic carbocycles. The molecule has 2 unspecified atom stereocenters. The Kier molecular flexibility index (Phi) is 7.34. The van der Waals surface area contributed by atoms with Crippen molar-refractivity contribution in [2.45, 2.75) is 33.6 Å². The molecule has 2 atom stereocenters. The van der Waals surface area contributed by atoms with Gasteiger partial charge in [0.25, 0.3) is 0 Å². The number of hydrogen-bond acceptors (Lipinski definition) is 3. The second kappa shape index (κ2) is 8.31. The van der Waals surface area contributed by atoms with E-state index < -0.39 is 0 Å². The van der Waals surface area contributed by atoms with E-state index in [1.807, 2.05) is 6.07 Å². The Morgan fingerprint density at radius 3 is 2.45 bits per heavy atom.